The summed E-state index contributed by atoms with van der Waals surface area (Å²) in [5.74, 6) is 5.84. The molecule has 2 N–H and O–H groups in total. The van der Waals surface area contributed by atoms with Crippen LogP contribution in [-0.2, 0) is 0 Å². The van der Waals surface area contributed by atoms with E-state index in [2.05, 4.69) is 41.5 Å². The van der Waals surface area contributed by atoms with Gasteiger partial charge in [-0.25, -0.2) is 0 Å². The fourth-order valence-electron chi connectivity index (χ4n) is 9.13. The van der Waals surface area contributed by atoms with Gasteiger partial charge in [0, 0.05) is 6.04 Å². The van der Waals surface area contributed by atoms with Gasteiger partial charge in [0.25, 0.3) is 0 Å². The van der Waals surface area contributed by atoms with Gasteiger partial charge in [0.15, 0.2) is 0 Å². The molecular weight excluding hydrogens is 338 g/mol. The standard InChI is InChI=1S/C27H49N/c1-18(11-14-25(2,3)4)22-9-10-23-21-8-7-19-17-20(28)12-15-26(19,5)24(21)13-16-27(22,23)6/h18-24H,7-17,28H2,1-6H3/t18-,19?,20?,21?,22?,23?,24?,26?,27?/m1/s1. The quantitative estimate of drug-likeness (QED) is 0.535. The Morgan fingerprint density at radius 3 is 2.29 bits per heavy atom. The predicted octanol–water partition coefficient (Wildman–Crippen LogP) is 7.44. The van der Waals surface area contributed by atoms with Crippen molar-refractivity contribution in [2.24, 2.45) is 57.5 Å². The normalized spacial score (nSPS) is 49.8. The van der Waals surface area contributed by atoms with Gasteiger partial charge in [-0.1, -0.05) is 41.5 Å². The van der Waals surface area contributed by atoms with Crippen LogP contribution in [0.5, 0.6) is 0 Å². The summed E-state index contributed by atoms with van der Waals surface area (Å²) in [6.45, 7) is 15.3. The van der Waals surface area contributed by atoms with E-state index in [4.69, 9.17) is 5.73 Å². The van der Waals surface area contributed by atoms with Crippen molar-refractivity contribution in [3.05, 3.63) is 0 Å². The third-order valence-corrected chi connectivity index (χ3v) is 10.8. The number of nitrogens with two attached hydrogens (primary N) is 1. The lowest BCUT2D eigenvalue weighted by atomic mass is 9.44. The van der Waals surface area contributed by atoms with Crippen LogP contribution in [0.15, 0.2) is 0 Å². The average molecular weight is 388 g/mol. The molecule has 4 saturated carbocycles. The van der Waals surface area contributed by atoms with E-state index in [0.29, 0.717) is 22.3 Å². The molecule has 0 radical (unpaired) electrons. The topological polar surface area (TPSA) is 26.0 Å². The molecule has 4 fully saturated rings. The monoisotopic (exact) mass is 387 g/mol. The Kier molecular flexibility index (Phi) is 5.51. The molecule has 0 spiro atoms. The highest BCUT2D eigenvalue weighted by Crippen LogP contribution is 2.68. The predicted molar refractivity (Wildman–Crippen MR) is 121 cm³/mol. The number of rotatable bonds is 3. The highest BCUT2D eigenvalue weighted by molar-refractivity contribution is 5.09. The van der Waals surface area contributed by atoms with Crippen LogP contribution in [0, 0.1) is 51.8 Å². The van der Waals surface area contributed by atoms with Gasteiger partial charge in [0.2, 0.25) is 0 Å². The zero-order valence-electron chi connectivity index (χ0n) is 19.9. The molecule has 28 heavy (non-hydrogen) atoms. The molecule has 1 heteroatoms. The molecular formula is C27H49N. The summed E-state index contributed by atoms with van der Waals surface area (Å²) in [6.07, 6.45) is 15.9. The van der Waals surface area contributed by atoms with E-state index in [0.717, 1.165) is 35.5 Å². The molecule has 162 valence electrons. The summed E-state index contributed by atoms with van der Waals surface area (Å²) in [5.41, 5.74) is 8.11. The molecule has 4 aliphatic rings. The molecule has 0 heterocycles. The lowest BCUT2D eigenvalue weighted by molar-refractivity contribution is -0.116. The Labute approximate surface area is 176 Å². The number of fused-ring (bicyclic) bond motifs is 5. The lowest BCUT2D eigenvalue weighted by Gasteiger charge is -2.61. The fraction of sp³-hybridized carbons (Fsp3) is 1.00. The maximum atomic E-state index is 6.39. The number of hydrogen-bond acceptors (Lipinski definition) is 1. The molecule has 9 atom stereocenters. The molecule has 0 aliphatic heterocycles. The number of hydrogen-bond donors (Lipinski definition) is 1. The van der Waals surface area contributed by atoms with Crippen molar-refractivity contribution in [2.75, 3.05) is 0 Å². The van der Waals surface area contributed by atoms with Gasteiger partial charge >= 0.3 is 0 Å². The third kappa shape index (κ3) is 3.50. The van der Waals surface area contributed by atoms with Gasteiger partial charge in [-0.05, 0) is 122 Å². The van der Waals surface area contributed by atoms with Crippen LogP contribution in [0.4, 0.5) is 0 Å². The molecule has 0 aromatic carbocycles. The van der Waals surface area contributed by atoms with Crippen molar-refractivity contribution < 1.29 is 0 Å². The molecule has 0 bridgehead atoms. The molecule has 0 aromatic heterocycles. The fourth-order valence-corrected chi connectivity index (χ4v) is 9.13. The first kappa shape index (κ1) is 21.2. The van der Waals surface area contributed by atoms with Crippen LogP contribution in [0.25, 0.3) is 0 Å². The van der Waals surface area contributed by atoms with Crippen molar-refractivity contribution in [1.82, 2.24) is 0 Å². The van der Waals surface area contributed by atoms with Gasteiger partial charge in [0.05, 0.1) is 0 Å². The summed E-state index contributed by atoms with van der Waals surface area (Å²) in [5, 5.41) is 0. The van der Waals surface area contributed by atoms with Crippen molar-refractivity contribution in [2.45, 2.75) is 118 Å². The van der Waals surface area contributed by atoms with Crippen LogP contribution in [0.1, 0.15) is 112 Å². The Morgan fingerprint density at radius 2 is 1.57 bits per heavy atom. The summed E-state index contributed by atoms with van der Waals surface area (Å²) in [7, 11) is 0. The van der Waals surface area contributed by atoms with Crippen LogP contribution in [0.2, 0.25) is 0 Å². The van der Waals surface area contributed by atoms with E-state index in [1.165, 1.54) is 70.6 Å². The van der Waals surface area contributed by atoms with Gasteiger partial charge in [-0.15, -0.1) is 0 Å². The Bertz CT molecular complexity index is 561. The smallest absolute Gasteiger partial charge is 0.00418 e. The molecule has 8 unspecified atom stereocenters. The van der Waals surface area contributed by atoms with E-state index in [1.807, 2.05) is 0 Å². The lowest BCUT2D eigenvalue weighted by Crippen LogP contribution is -2.54. The van der Waals surface area contributed by atoms with Crippen molar-refractivity contribution >= 4 is 0 Å². The summed E-state index contributed by atoms with van der Waals surface area (Å²) < 4.78 is 0. The van der Waals surface area contributed by atoms with Crippen LogP contribution >= 0.6 is 0 Å². The highest BCUT2D eigenvalue weighted by Gasteiger charge is 2.60. The van der Waals surface area contributed by atoms with E-state index >= 15 is 0 Å². The minimum atomic E-state index is 0.486. The summed E-state index contributed by atoms with van der Waals surface area (Å²) in [4.78, 5) is 0. The van der Waals surface area contributed by atoms with Crippen molar-refractivity contribution in [1.29, 1.82) is 0 Å². The minimum Gasteiger partial charge on any atom is -0.328 e. The van der Waals surface area contributed by atoms with Gasteiger partial charge in [-0.2, -0.15) is 0 Å². The first-order valence-electron chi connectivity index (χ1n) is 12.8. The van der Waals surface area contributed by atoms with E-state index in [9.17, 15) is 0 Å². The molecule has 1 nitrogen and oxygen atoms in total. The molecule has 0 saturated heterocycles. The molecule has 4 aliphatic carbocycles. The molecule has 0 aromatic rings. The van der Waals surface area contributed by atoms with Crippen LogP contribution in [0.3, 0.4) is 0 Å². The SMILES string of the molecule is C[C@H](CCC(C)(C)C)C1CCC2C3CCC4CC(N)CCC4(C)C3CCC21C. The Balaban J connectivity index is 1.49. The first-order valence-corrected chi connectivity index (χ1v) is 12.8. The molecule has 4 rings (SSSR count). The maximum Gasteiger partial charge on any atom is 0.00418 e. The first-order chi connectivity index (χ1) is 13.0. The largest absolute Gasteiger partial charge is 0.328 e. The minimum absolute atomic E-state index is 0.486. The Morgan fingerprint density at radius 1 is 0.893 bits per heavy atom. The zero-order valence-corrected chi connectivity index (χ0v) is 19.9. The second kappa shape index (κ2) is 7.28. The van der Waals surface area contributed by atoms with Crippen LogP contribution in [-0.4, -0.2) is 6.04 Å². The Hall–Kier alpha value is -0.0400. The second-order valence-corrected chi connectivity index (χ2v) is 13.5. The second-order valence-electron chi connectivity index (χ2n) is 13.5. The van der Waals surface area contributed by atoms with Crippen molar-refractivity contribution in [3.8, 4) is 0 Å². The molecule has 0 amide bonds. The van der Waals surface area contributed by atoms with Crippen molar-refractivity contribution in [3.63, 3.8) is 0 Å². The summed E-state index contributed by atoms with van der Waals surface area (Å²) in [6, 6.07) is 0.489. The van der Waals surface area contributed by atoms with Gasteiger partial charge < -0.3 is 5.73 Å². The average Bonchev–Trinajstić information content (AvgIpc) is 2.97. The third-order valence-electron chi connectivity index (χ3n) is 10.8. The van der Waals surface area contributed by atoms with Crippen LogP contribution < -0.4 is 5.73 Å². The van der Waals surface area contributed by atoms with E-state index in [-0.39, 0.29) is 0 Å². The van der Waals surface area contributed by atoms with Gasteiger partial charge in [0.1, 0.15) is 0 Å². The van der Waals surface area contributed by atoms with E-state index < -0.39 is 0 Å². The highest BCUT2D eigenvalue weighted by atomic mass is 14.7. The van der Waals surface area contributed by atoms with Gasteiger partial charge in [-0.3, -0.25) is 0 Å². The zero-order chi connectivity index (χ0) is 20.3. The maximum absolute atomic E-state index is 6.39. The summed E-state index contributed by atoms with van der Waals surface area (Å²) >= 11 is 0. The van der Waals surface area contributed by atoms with E-state index in [1.54, 1.807) is 0 Å².